The maximum Gasteiger partial charge on any atom is 0.341 e. The fourth-order valence-corrected chi connectivity index (χ4v) is 3.81. The Morgan fingerprint density at radius 2 is 1.91 bits per heavy atom. The van der Waals surface area contributed by atoms with Crippen molar-refractivity contribution in [2.45, 2.75) is 25.3 Å². The molecule has 1 aliphatic rings. The number of hydrogen-bond acceptors (Lipinski definition) is 5. The van der Waals surface area contributed by atoms with Crippen LogP contribution in [-0.4, -0.2) is 25.6 Å². The SMILES string of the molecule is O=C(O)c1cn(C2CC2)c2cc(Nc3nccc(Cc4ccc(F)cc4F)n3)c(F)cc2c1=O. The first-order valence-electron chi connectivity index (χ1n) is 10.4. The van der Waals surface area contributed by atoms with Crippen LogP contribution in [0.4, 0.5) is 24.8 Å². The molecule has 0 spiro atoms. The number of aromatic carboxylic acids is 1. The highest BCUT2D eigenvalue weighted by Crippen LogP contribution is 2.38. The number of fused-ring (bicyclic) bond motifs is 1. The van der Waals surface area contributed by atoms with Gasteiger partial charge >= 0.3 is 5.97 Å². The number of anilines is 2. The fourth-order valence-electron chi connectivity index (χ4n) is 3.81. The quantitative estimate of drug-likeness (QED) is 0.432. The summed E-state index contributed by atoms with van der Waals surface area (Å²) in [5, 5.41) is 12.1. The second-order valence-electron chi connectivity index (χ2n) is 8.07. The Kier molecular flexibility index (Phi) is 5.27. The lowest BCUT2D eigenvalue weighted by atomic mass is 10.1. The van der Waals surface area contributed by atoms with Crippen LogP contribution < -0.4 is 10.7 Å². The van der Waals surface area contributed by atoms with E-state index in [2.05, 4.69) is 15.3 Å². The fraction of sp³-hybridized carbons (Fsp3) is 0.167. The minimum atomic E-state index is -1.37. The number of benzene rings is 2. The third-order valence-corrected chi connectivity index (χ3v) is 5.64. The average Bonchev–Trinajstić information content (AvgIpc) is 3.62. The van der Waals surface area contributed by atoms with Gasteiger partial charge in [-0.1, -0.05) is 6.07 Å². The monoisotopic (exact) mass is 466 g/mol. The normalized spacial score (nSPS) is 13.3. The van der Waals surface area contributed by atoms with Gasteiger partial charge in [-0.3, -0.25) is 4.79 Å². The van der Waals surface area contributed by atoms with Crippen LogP contribution in [0.3, 0.4) is 0 Å². The van der Waals surface area contributed by atoms with Crippen LogP contribution in [0.15, 0.2) is 53.6 Å². The van der Waals surface area contributed by atoms with Gasteiger partial charge in [-0.2, -0.15) is 0 Å². The Morgan fingerprint density at radius 3 is 2.62 bits per heavy atom. The number of rotatable bonds is 6. The molecule has 0 amide bonds. The van der Waals surface area contributed by atoms with Gasteiger partial charge in [-0.25, -0.2) is 27.9 Å². The number of aromatic nitrogens is 3. The van der Waals surface area contributed by atoms with Crippen LogP contribution >= 0.6 is 0 Å². The predicted octanol–water partition coefficient (Wildman–Crippen LogP) is 4.58. The van der Waals surface area contributed by atoms with E-state index in [0.29, 0.717) is 11.2 Å². The van der Waals surface area contributed by atoms with Crippen LogP contribution in [0.2, 0.25) is 0 Å². The predicted molar refractivity (Wildman–Crippen MR) is 118 cm³/mol. The Labute approximate surface area is 190 Å². The molecule has 1 aliphatic carbocycles. The lowest BCUT2D eigenvalue weighted by Crippen LogP contribution is -2.19. The van der Waals surface area contributed by atoms with Gasteiger partial charge in [0.05, 0.1) is 16.9 Å². The molecule has 10 heteroatoms. The number of carbonyl (C=O) groups is 1. The van der Waals surface area contributed by atoms with E-state index in [1.54, 1.807) is 10.6 Å². The van der Waals surface area contributed by atoms with Crippen molar-refractivity contribution in [1.82, 2.24) is 14.5 Å². The molecule has 0 radical (unpaired) electrons. The number of nitrogens with one attached hydrogen (secondary N) is 1. The maximum absolute atomic E-state index is 14.9. The van der Waals surface area contributed by atoms with E-state index in [1.165, 1.54) is 24.5 Å². The van der Waals surface area contributed by atoms with Crippen molar-refractivity contribution < 1.29 is 23.1 Å². The molecule has 4 aromatic rings. The van der Waals surface area contributed by atoms with Crippen molar-refractivity contribution in [3.05, 3.63) is 93.3 Å². The molecule has 1 saturated carbocycles. The van der Waals surface area contributed by atoms with Crippen LogP contribution in [0.5, 0.6) is 0 Å². The third kappa shape index (κ3) is 4.09. The lowest BCUT2D eigenvalue weighted by molar-refractivity contribution is 0.0695. The van der Waals surface area contributed by atoms with Crippen molar-refractivity contribution in [2.24, 2.45) is 0 Å². The second kappa shape index (κ2) is 8.29. The molecule has 2 N–H and O–H groups in total. The van der Waals surface area contributed by atoms with E-state index in [0.717, 1.165) is 31.0 Å². The zero-order valence-electron chi connectivity index (χ0n) is 17.6. The molecule has 0 unspecified atom stereocenters. The van der Waals surface area contributed by atoms with Gasteiger partial charge in [0.2, 0.25) is 11.4 Å². The molecule has 5 rings (SSSR count). The summed E-state index contributed by atoms with van der Waals surface area (Å²) in [5.41, 5.74) is -0.121. The summed E-state index contributed by atoms with van der Waals surface area (Å²) in [6, 6.07) is 7.28. The zero-order valence-corrected chi connectivity index (χ0v) is 17.6. The van der Waals surface area contributed by atoms with Crippen LogP contribution in [0, 0.1) is 17.5 Å². The highest BCUT2D eigenvalue weighted by atomic mass is 19.1. The number of pyridine rings is 1. The summed E-state index contributed by atoms with van der Waals surface area (Å²) in [6.07, 6.45) is 4.43. The Morgan fingerprint density at radius 1 is 1.12 bits per heavy atom. The standard InChI is InChI=1S/C24H17F3N4O3/c25-13-2-1-12(18(26)8-13)7-14-5-6-28-24(29-14)30-20-10-21-16(9-19(20)27)22(32)17(23(33)34)11-31(21)15-3-4-15/h1-2,5-6,8-11,15H,3-4,7H2,(H,33,34)(H,28,29,30). The molecule has 1 fully saturated rings. The number of carboxylic acids is 1. The van der Waals surface area contributed by atoms with Crippen LogP contribution in [-0.2, 0) is 6.42 Å². The van der Waals surface area contributed by atoms with Gasteiger partial charge in [0, 0.05) is 36.3 Å². The van der Waals surface area contributed by atoms with Gasteiger partial charge in [-0.05, 0) is 42.7 Å². The van der Waals surface area contributed by atoms with Crippen molar-refractivity contribution in [3.8, 4) is 0 Å². The van der Waals surface area contributed by atoms with Gasteiger partial charge in [0.15, 0.2) is 0 Å². The summed E-state index contributed by atoms with van der Waals surface area (Å²) in [6.45, 7) is 0. The first kappa shape index (κ1) is 21.6. The van der Waals surface area contributed by atoms with Crippen molar-refractivity contribution in [1.29, 1.82) is 0 Å². The topological polar surface area (TPSA) is 97.1 Å². The number of carboxylic acid groups (broad SMARTS) is 1. The Hall–Kier alpha value is -4.21. The molecular formula is C24H17F3N4O3. The minimum absolute atomic E-state index is 0.00510. The molecule has 0 aliphatic heterocycles. The summed E-state index contributed by atoms with van der Waals surface area (Å²) in [4.78, 5) is 32.4. The minimum Gasteiger partial charge on any atom is -0.477 e. The molecule has 2 aromatic carbocycles. The van der Waals surface area contributed by atoms with E-state index in [1.807, 2.05) is 0 Å². The van der Waals surface area contributed by atoms with Gasteiger partial charge in [0.25, 0.3) is 0 Å². The first-order valence-corrected chi connectivity index (χ1v) is 10.4. The summed E-state index contributed by atoms with van der Waals surface area (Å²) in [7, 11) is 0. The van der Waals surface area contributed by atoms with Gasteiger partial charge < -0.3 is 15.0 Å². The van der Waals surface area contributed by atoms with Crippen LogP contribution in [0.1, 0.15) is 40.5 Å². The van der Waals surface area contributed by atoms with E-state index >= 15 is 0 Å². The molecular weight excluding hydrogens is 449 g/mol. The number of halogens is 3. The summed E-state index contributed by atoms with van der Waals surface area (Å²) >= 11 is 0. The smallest absolute Gasteiger partial charge is 0.341 e. The molecule has 0 bridgehead atoms. The van der Waals surface area contributed by atoms with E-state index in [-0.39, 0.29) is 35.0 Å². The van der Waals surface area contributed by atoms with E-state index in [9.17, 15) is 27.9 Å². The molecule has 7 nitrogen and oxygen atoms in total. The third-order valence-electron chi connectivity index (χ3n) is 5.64. The Balaban J connectivity index is 1.51. The van der Waals surface area contributed by atoms with Crippen LogP contribution in [0.25, 0.3) is 10.9 Å². The summed E-state index contributed by atoms with van der Waals surface area (Å²) in [5.74, 6) is -3.49. The number of nitrogens with zero attached hydrogens (tertiary/aromatic N) is 3. The second-order valence-corrected chi connectivity index (χ2v) is 8.07. The van der Waals surface area contributed by atoms with Gasteiger partial charge in [-0.15, -0.1) is 0 Å². The average molecular weight is 466 g/mol. The zero-order chi connectivity index (χ0) is 24.0. The molecule has 0 saturated heterocycles. The highest BCUT2D eigenvalue weighted by Gasteiger charge is 2.27. The first-order chi connectivity index (χ1) is 16.3. The van der Waals surface area contributed by atoms with Crippen molar-refractivity contribution in [2.75, 3.05) is 5.32 Å². The van der Waals surface area contributed by atoms with Crippen molar-refractivity contribution in [3.63, 3.8) is 0 Å². The summed E-state index contributed by atoms with van der Waals surface area (Å²) < 4.78 is 43.7. The lowest BCUT2D eigenvalue weighted by Gasteiger charge is -2.14. The highest BCUT2D eigenvalue weighted by molar-refractivity contribution is 5.93. The van der Waals surface area contributed by atoms with E-state index < -0.39 is 34.4 Å². The maximum atomic E-state index is 14.9. The van der Waals surface area contributed by atoms with Crippen molar-refractivity contribution >= 4 is 28.5 Å². The molecule has 0 atom stereocenters. The Bertz CT molecular complexity index is 1520. The largest absolute Gasteiger partial charge is 0.477 e. The molecule has 34 heavy (non-hydrogen) atoms. The van der Waals surface area contributed by atoms with Gasteiger partial charge in [0.1, 0.15) is 23.0 Å². The van der Waals surface area contributed by atoms with E-state index in [4.69, 9.17) is 0 Å². The number of hydrogen-bond donors (Lipinski definition) is 2. The molecule has 2 aromatic heterocycles. The molecule has 172 valence electrons. The molecule has 2 heterocycles.